The van der Waals surface area contributed by atoms with Crippen LogP contribution in [0.5, 0.6) is 0 Å². The molecule has 0 aliphatic heterocycles. The van der Waals surface area contributed by atoms with Gasteiger partial charge in [0.25, 0.3) is 6.21 Å². The van der Waals surface area contributed by atoms with Crippen molar-refractivity contribution in [2.45, 2.75) is 13.8 Å². The summed E-state index contributed by atoms with van der Waals surface area (Å²) in [4.78, 5) is 2.77. The van der Waals surface area contributed by atoms with Crippen LogP contribution in [0, 0.1) is 0 Å². The molecule has 0 aliphatic carbocycles. The van der Waals surface area contributed by atoms with Crippen LogP contribution in [0.1, 0.15) is 13.8 Å². The Balaban J connectivity index is 3.69. The van der Waals surface area contributed by atoms with Gasteiger partial charge in [-0.25, -0.2) is 0 Å². The molecule has 0 aromatic carbocycles. The molecule has 38 valence electrons. The van der Waals surface area contributed by atoms with Crippen LogP contribution in [0.25, 0.3) is 5.53 Å². The zero-order valence-electron chi connectivity index (χ0n) is 4.55. The van der Waals surface area contributed by atoms with Gasteiger partial charge in [-0.05, 0) is 13.8 Å². The van der Waals surface area contributed by atoms with Crippen molar-refractivity contribution in [2.24, 2.45) is 0 Å². The van der Waals surface area contributed by atoms with Crippen molar-refractivity contribution in [1.29, 1.82) is 0 Å². The minimum absolute atomic E-state index is 1.12. The highest BCUT2D eigenvalue weighted by Crippen LogP contribution is 1.81. The first-order chi connectivity index (χ1) is 3.27. The van der Waals surface area contributed by atoms with Gasteiger partial charge in [0, 0.05) is 6.08 Å². The summed E-state index contributed by atoms with van der Waals surface area (Å²) in [5.74, 6) is 0. The Morgan fingerprint density at radius 2 is 2.14 bits per heavy atom. The van der Waals surface area contributed by atoms with Gasteiger partial charge in [0.05, 0.1) is 0 Å². The average molecular weight is 96.1 g/mol. The molecule has 0 radical (unpaired) electrons. The lowest BCUT2D eigenvalue weighted by Crippen LogP contribution is -1.66. The van der Waals surface area contributed by atoms with Gasteiger partial charge >= 0.3 is 0 Å². The highest BCUT2D eigenvalue weighted by atomic mass is 14.8. The van der Waals surface area contributed by atoms with Crippen LogP contribution in [-0.2, 0) is 0 Å². The average Bonchev–Trinajstić information content (AvgIpc) is 1.61. The molecule has 0 aromatic rings. The van der Waals surface area contributed by atoms with Crippen molar-refractivity contribution in [1.82, 2.24) is 0 Å². The topological polar surface area (TPSA) is 36.4 Å². The number of hydrogen-bond acceptors (Lipinski definition) is 0. The first-order valence-corrected chi connectivity index (χ1v) is 2.08. The molecule has 0 aromatic heterocycles. The van der Waals surface area contributed by atoms with E-state index in [2.05, 4.69) is 4.79 Å². The molecule has 0 atom stereocenters. The number of rotatable bonds is 1. The van der Waals surface area contributed by atoms with Gasteiger partial charge in [-0.3, -0.25) is 0 Å². The van der Waals surface area contributed by atoms with Crippen LogP contribution in [-0.4, -0.2) is 11.0 Å². The van der Waals surface area contributed by atoms with E-state index in [1.165, 1.54) is 6.21 Å². The molecule has 0 spiro atoms. The fraction of sp³-hybridized carbons (Fsp3) is 0.400. The van der Waals surface area contributed by atoms with Crippen LogP contribution in [0.3, 0.4) is 0 Å². The fourth-order valence-electron chi connectivity index (χ4n) is 0.182. The van der Waals surface area contributed by atoms with Crippen LogP contribution >= 0.6 is 0 Å². The summed E-state index contributed by atoms with van der Waals surface area (Å²) >= 11 is 0. The summed E-state index contributed by atoms with van der Waals surface area (Å²) in [6.45, 7) is 3.86. The molecule has 0 heterocycles. The summed E-state index contributed by atoms with van der Waals surface area (Å²) in [6, 6.07) is 0. The van der Waals surface area contributed by atoms with Crippen molar-refractivity contribution in [3.63, 3.8) is 0 Å². The van der Waals surface area contributed by atoms with E-state index in [9.17, 15) is 0 Å². The third-order valence-corrected chi connectivity index (χ3v) is 0.475. The predicted octanol–water partition coefficient (Wildman–Crippen LogP) is 1.25. The number of nitrogens with zero attached hydrogens (tertiary/aromatic N) is 2. The minimum atomic E-state index is 1.12. The molecule has 0 amide bonds. The first kappa shape index (κ1) is 6.12. The lowest BCUT2D eigenvalue weighted by atomic mass is 10.3. The van der Waals surface area contributed by atoms with E-state index in [0.29, 0.717) is 0 Å². The van der Waals surface area contributed by atoms with E-state index in [1.54, 1.807) is 6.08 Å². The summed E-state index contributed by atoms with van der Waals surface area (Å²) in [5.41, 5.74) is 8.96. The van der Waals surface area contributed by atoms with E-state index in [0.717, 1.165) is 5.57 Å². The molecular formula is C5H8N2. The van der Waals surface area contributed by atoms with E-state index < -0.39 is 0 Å². The molecule has 0 aliphatic rings. The predicted molar refractivity (Wildman–Crippen MR) is 29.1 cm³/mol. The van der Waals surface area contributed by atoms with E-state index in [1.807, 2.05) is 13.8 Å². The van der Waals surface area contributed by atoms with Crippen LogP contribution in [0.4, 0.5) is 0 Å². The van der Waals surface area contributed by atoms with Crippen LogP contribution < -0.4 is 0 Å². The molecule has 2 nitrogen and oxygen atoms in total. The lowest BCUT2D eigenvalue weighted by molar-refractivity contribution is 0.00509. The monoisotopic (exact) mass is 96.1 g/mol. The Morgan fingerprint density at radius 3 is 2.29 bits per heavy atom. The number of hydrogen-bond donors (Lipinski definition) is 0. The van der Waals surface area contributed by atoms with Gasteiger partial charge in [-0.15, -0.1) is 0 Å². The maximum Gasteiger partial charge on any atom is 0.280 e. The van der Waals surface area contributed by atoms with Gasteiger partial charge in [0.2, 0.25) is 0 Å². The molecule has 0 saturated carbocycles. The smallest absolute Gasteiger partial charge is 0.280 e. The van der Waals surface area contributed by atoms with Gasteiger partial charge in [-0.1, -0.05) is 5.57 Å². The van der Waals surface area contributed by atoms with E-state index in [-0.39, 0.29) is 0 Å². The Bertz CT molecular complexity index is 114. The van der Waals surface area contributed by atoms with Crippen LogP contribution in [0.15, 0.2) is 11.6 Å². The van der Waals surface area contributed by atoms with Crippen molar-refractivity contribution >= 4 is 6.21 Å². The molecule has 2 heteroatoms. The second kappa shape index (κ2) is 3.32. The molecule has 7 heavy (non-hydrogen) atoms. The number of allylic oxidation sites excluding steroid dienone is 2. The SMILES string of the molecule is CC(C)=CC=[N+]=[N-]. The summed E-state index contributed by atoms with van der Waals surface area (Å²) in [5, 5.41) is 0. The maximum atomic E-state index is 7.84. The van der Waals surface area contributed by atoms with Crippen molar-refractivity contribution < 1.29 is 4.79 Å². The lowest BCUT2D eigenvalue weighted by Gasteiger charge is -1.72. The van der Waals surface area contributed by atoms with Crippen molar-refractivity contribution in [2.75, 3.05) is 0 Å². The zero-order chi connectivity index (χ0) is 5.70. The zero-order valence-corrected chi connectivity index (χ0v) is 4.55. The largest absolute Gasteiger partial charge is 0.362 e. The van der Waals surface area contributed by atoms with Gasteiger partial charge in [0.1, 0.15) is 0 Å². The Hall–Kier alpha value is -0.880. The fourth-order valence-corrected chi connectivity index (χ4v) is 0.182. The summed E-state index contributed by atoms with van der Waals surface area (Å²) < 4.78 is 0. The van der Waals surface area contributed by atoms with Crippen molar-refractivity contribution in [3.8, 4) is 0 Å². The summed E-state index contributed by atoms with van der Waals surface area (Å²) in [6.07, 6.45) is 3.06. The molecule has 0 unspecified atom stereocenters. The Morgan fingerprint density at radius 1 is 1.57 bits per heavy atom. The molecule has 0 N–H and O–H groups in total. The van der Waals surface area contributed by atoms with E-state index >= 15 is 0 Å². The second-order valence-electron chi connectivity index (χ2n) is 1.51. The molecule has 0 rings (SSSR count). The highest BCUT2D eigenvalue weighted by Gasteiger charge is 1.71. The molecule has 0 fully saturated rings. The summed E-state index contributed by atoms with van der Waals surface area (Å²) in [7, 11) is 0. The minimum Gasteiger partial charge on any atom is -0.362 e. The van der Waals surface area contributed by atoms with Crippen molar-refractivity contribution in [3.05, 3.63) is 17.2 Å². The Labute approximate surface area is 43.1 Å². The molecule has 0 bridgehead atoms. The quantitative estimate of drug-likeness (QED) is 0.267. The Kier molecular flexibility index (Phi) is 2.90. The van der Waals surface area contributed by atoms with Gasteiger partial charge < -0.3 is 5.53 Å². The van der Waals surface area contributed by atoms with Crippen LogP contribution in [0.2, 0.25) is 0 Å². The van der Waals surface area contributed by atoms with E-state index in [4.69, 9.17) is 5.53 Å². The van der Waals surface area contributed by atoms with Gasteiger partial charge in [-0.2, -0.15) is 4.79 Å². The third kappa shape index (κ3) is 5.12. The standard InChI is InChI=1S/C5H8N2/c1-5(2)3-4-7-6/h3-4H,1-2H3. The third-order valence-electron chi connectivity index (χ3n) is 0.475. The first-order valence-electron chi connectivity index (χ1n) is 2.08. The maximum absolute atomic E-state index is 7.84. The normalized spacial score (nSPS) is 6.57. The second-order valence-corrected chi connectivity index (χ2v) is 1.51. The highest BCUT2D eigenvalue weighted by molar-refractivity contribution is 5.66. The van der Waals surface area contributed by atoms with Gasteiger partial charge in [0.15, 0.2) is 0 Å². The molecule has 0 saturated heterocycles. The molecular weight excluding hydrogens is 88.1 g/mol.